The van der Waals surface area contributed by atoms with Gasteiger partial charge in [0.2, 0.25) is 0 Å². The maximum atomic E-state index is 11.9. The van der Waals surface area contributed by atoms with Gasteiger partial charge in [-0.25, -0.2) is 0 Å². The van der Waals surface area contributed by atoms with E-state index in [1.54, 1.807) is 0 Å². The van der Waals surface area contributed by atoms with Crippen molar-refractivity contribution >= 4 is 5.97 Å². The van der Waals surface area contributed by atoms with Gasteiger partial charge in [0.25, 0.3) is 0 Å². The lowest BCUT2D eigenvalue weighted by Crippen LogP contribution is -2.62. The fraction of sp³-hybridized carbons (Fsp3) is 0.950. The molecular weight excluding hydrogens is 286 g/mol. The van der Waals surface area contributed by atoms with Crippen LogP contribution in [0.5, 0.6) is 0 Å². The molecule has 4 saturated carbocycles. The molecule has 4 aliphatic carbocycles. The van der Waals surface area contributed by atoms with Crippen molar-refractivity contribution < 1.29 is 9.90 Å². The van der Waals surface area contributed by atoms with Gasteiger partial charge < -0.3 is 10.8 Å². The van der Waals surface area contributed by atoms with E-state index < -0.39 is 11.5 Å². The highest BCUT2D eigenvalue weighted by Gasteiger charge is 2.65. The first kappa shape index (κ1) is 15.9. The number of aliphatic carboxylic acids is 1. The van der Waals surface area contributed by atoms with Crippen LogP contribution in [0.4, 0.5) is 0 Å². The Morgan fingerprint density at radius 1 is 0.957 bits per heavy atom. The van der Waals surface area contributed by atoms with Gasteiger partial charge in [0.15, 0.2) is 0 Å². The Morgan fingerprint density at radius 3 is 2.43 bits per heavy atom. The van der Waals surface area contributed by atoms with Crippen LogP contribution in [0.25, 0.3) is 0 Å². The lowest BCUT2D eigenvalue weighted by atomic mass is 9.44. The molecule has 1 unspecified atom stereocenters. The van der Waals surface area contributed by atoms with Crippen molar-refractivity contribution in [1.82, 2.24) is 0 Å². The van der Waals surface area contributed by atoms with Gasteiger partial charge in [-0.2, -0.15) is 0 Å². The predicted octanol–water partition coefficient (Wildman–Crippen LogP) is 4.20. The molecule has 4 rings (SSSR count). The van der Waals surface area contributed by atoms with Crippen molar-refractivity contribution in [2.45, 2.75) is 83.6 Å². The fourth-order valence-corrected chi connectivity index (χ4v) is 7.72. The van der Waals surface area contributed by atoms with E-state index in [0.717, 1.165) is 30.6 Å². The second-order valence-corrected chi connectivity index (χ2v) is 9.67. The average molecular weight is 319 g/mol. The van der Waals surface area contributed by atoms with E-state index in [1.165, 1.54) is 44.9 Å². The highest BCUT2D eigenvalue weighted by atomic mass is 16.4. The summed E-state index contributed by atoms with van der Waals surface area (Å²) in [6.45, 7) is 4.77. The number of carboxylic acid groups (broad SMARTS) is 1. The van der Waals surface area contributed by atoms with Gasteiger partial charge in [-0.15, -0.1) is 0 Å². The number of rotatable bonds is 1. The Morgan fingerprint density at radius 2 is 1.70 bits per heavy atom. The van der Waals surface area contributed by atoms with Gasteiger partial charge in [-0.1, -0.05) is 26.7 Å². The third-order valence-electron chi connectivity index (χ3n) is 9.22. The number of hydrogen-bond donors (Lipinski definition) is 2. The molecule has 130 valence electrons. The first-order valence-corrected chi connectivity index (χ1v) is 9.85. The van der Waals surface area contributed by atoms with E-state index in [2.05, 4.69) is 13.8 Å². The van der Waals surface area contributed by atoms with Crippen LogP contribution < -0.4 is 5.73 Å². The summed E-state index contributed by atoms with van der Waals surface area (Å²) in [6, 6.07) is 0. The summed E-state index contributed by atoms with van der Waals surface area (Å²) >= 11 is 0. The van der Waals surface area contributed by atoms with E-state index in [1.807, 2.05) is 0 Å². The Balaban J connectivity index is 1.67. The predicted molar refractivity (Wildman–Crippen MR) is 90.9 cm³/mol. The Bertz CT molecular complexity index is 520. The second-order valence-electron chi connectivity index (χ2n) is 9.67. The lowest BCUT2D eigenvalue weighted by Gasteiger charge is -2.61. The van der Waals surface area contributed by atoms with Crippen LogP contribution in [0.1, 0.15) is 78.1 Å². The minimum Gasteiger partial charge on any atom is -0.480 e. The zero-order valence-corrected chi connectivity index (χ0v) is 14.8. The third-order valence-corrected chi connectivity index (χ3v) is 9.22. The molecule has 0 spiro atoms. The van der Waals surface area contributed by atoms with E-state index >= 15 is 0 Å². The molecule has 0 aliphatic heterocycles. The summed E-state index contributed by atoms with van der Waals surface area (Å²) in [5.74, 6) is 2.22. The molecule has 0 aromatic heterocycles. The molecule has 4 fully saturated rings. The lowest BCUT2D eigenvalue weighted by molar-refractivity contribution is -0.155. The van der Waals surface area contributed by atoms with Crippen LogP contribution in [-0.2, 0) is 4.79 Å². The maximum Gasteiger partial charge on any atom is 0.324 e. The van der Waals surface area contributed by atoms with Crippen LogP contribution in [0.3, 0.4) is 0 Å². The van der Waals surface area contributed by atoms with Crippen LogP contribution in [-0.4, -0.2) is 16.6 Å². The zero-order valence-electron chi connectivity index (χ0n) is 14.8. The minimum absolute atomic E-state index is 0.197. The molecule has 0 bridgehead atoms. The Labute approximate surface area is 140 Å². The summed E-state index contributed by atoms with van der Waals surface area (Å²) in [4.78, 5) is 11.9. The number of fused-ring (bicyclic) bond motifs is 5. The Kier molecular flexibility index (Phi) is 3.44. The number of nitrogens with two attached hydrogens (primary N) is 1. The highest BCUT2D eigenvalue weighted by molar-refractivity contribution is 5.80. The van der Waals surface area contributed by atoms with Crippen molar-refractivity contribution in [2.75, 3.05) is 0 Å². The maximum absolute atomic E-state index is 11.9. The van der Waals surface area contributed by atoms with Crippen LogP contribution >= 0.6 is 0 Å². The summed E-state index contributed by atoms with van der Waals surface area (Å²) < 4.78 is 0. The van der Waals surface area contributed by atoms with Gasteiger partial charge in [-0.05, 0) is 85.9 Å². The average Bonchev–Trinajstić information content (AvgIpc) is 2.80. The van der Waals surface area contributed by atoms with Gasteiger partial charge in [-0.3, -0.25) is 4.79 Å². The molecule has 23 heavy (non-hydrogen) atoms. The molecule has 0 radical (unpaired) electrons. The molecule has 3 heteroatoms. The standard InChI is InChI=1S/C20H33NO2/c1-18-10-4-3-5-13(18)6-7-14-15(18)8-11-19(2)16(14)9-12-20(19,21)17(22)23/h13-16H,3-12,21H2,1-2H3,(H,22,23)/t13-,14-,15+,16+,18+,19+,20?/m1/s1. The van der Waals surface area contributed by atoms with Crippen LogP contribution in [0.2, 0.25) is 0 Å². The largest absolute Gasteiger partial charge is 0.480 e. The molecule has 3 nitrogen and oxygen atoms in total. The van der Waals surface area contributed by atoms with E-state index in [9.17, 15) is 9.90 Å². The van der Waals surface area contributed by atoms with Crippen molar-refractivity contribution in [3.05, 3.63) is 0 Å². The van der Waals surface area contributed by atoms with E-state index in [-0.39, 0.29) is 5.41 Å². The number of carbonyl (C=O) groups is 1. The molecule has 0 aromatic carbocycles. The van der Waals surface area contributed by atoms with Gasteiger partial charge in [0, 0.05) is 0 Å². The topological polar surface area (TPSA) is 63.3 Å². The summed E-state index contributed by atoms with van der Waals surface area (Å²) in [5, 5.41) is 9.79. The van der Waals surface area contributed by atoms with E-state index in [0.29, 0.717) is 17.8 Å². The minimum atomic E-state index is -0.993. The number of hydrogen-bond acceptors (Lipinski definition) is 2. The van der Waals surface area contributed by atoms with E-state index in [4.69, 9.17) is 5.73 Å². The van der Waals surface area contributed by atoms with Crippen molar-refractivity contribution in [1.29, 1.82) is 0 Å². The molecule has 3 N–H and O–H groups in total. The monoisotopic (exact) mass is 319 g/mol. The highest BCUT2D eigenvalue weighted by Crippen LogP contribution is 2.67. The molecule has 4 aliphatic rings. The molecule has 0 heterocycles. The first-order valence-electron chi connectivity index (χ1n) is 9.85. The third kappa shape index (κ3) is 1.89. The smallest absolute Gasteiger partial charge is 0.324 e. The van der Waals surface area contributed by atoms with Gasteiger partial charge in [0.05, 0.1) is 0 Å². The Hall–Kier alpha value is -0.570. The quantitative estimate of drug-likeness (QED) is 0.761. The molecule has 0 amide bonds. The van der Waals surface area contributed by atoms with Crippen molar-refractivity contribution in [3.63, 3.8) is 0 Å². The van der Waals surface area contributed by atoms with Crippen molar-refractivity contribution in [3.8, 4) is 0 Å². The molecule has 0 saturated heterocycles. The normalized spacial score (nSPS) is 55.6. The van der Waals surface area contributed by atoms with Gasteiger partial charge in [0.1, 0.15) is 5.54 Å². The SMILES string of the molecule is C[C@]12CCCC[C@@H]1CC[C@@H]1[C@@H]2CC[C@@]2(C)[C@H]1CCC2(N)C(=O)O. The first-order chi connectivity index (χ1) is 10.8. The van der Waals surface area contributed by atoms with Gasteiger partial charge >= 0.3 is 5.97 Å². The summed E-state index contributed by atoms with van der Waals surface area (Å²) in [7, 11) is 0. The fourth-order valence-electron chi connectivity index (χ4n) is 7.72. The molecule has 0 aromatic rings. The summed E-state index contributed by atoms with van der Waals surface area (Å²) in [5.41, 5.74) is 5.81. The summed E-state index contributed by atoms with van der Waals surface area (Å²) in [6.07, 6.45) is 12.3. The second kappa shape index (κ2) is 4.97. The van der Waals surface area contributed by atoms with Crippen molar-refractivity contribution in [2.24, 2.45) is 40.2 Å². The van der Waals surface area contributed by atoms with Crippen LogP contribution in [0.15, 0.2) is 0 Å². The zero-order chi connectivity index (χ0) is 16.5. The molecule has 7 atom stereocenters. The van der Waals surface area contributed by atoms with Crippen LogP contribution in [0, 0.1) is 34.5 Å². The number of carboxylic acids is 1. The molecular formula is C20H33NO2.